The molecule has 3 rings (SSSR count). The average molecular weight is 397 g/mol. The Morgan fingerprint density at radius 1 is 1.00 bits per heavy atom. The second-order valence-corrected chi connectivity index (χ2v) is 7.00. The van der Waals surface area contributed by atoms with Gasteiger partial charge < -0.3 is 19.8 Å². The number of likely N-dealkylation sites (N-methyl/N-ethyl adjacent to an activating group) is 1. The molecule has 154 valence electrons. The van der Waals surface area contributed by atoms with Crippen LogP contribution in [0.15, 0.2) is 66.7 Å². The van der Waals surface area contributed by atoms with Gasteiger partial charge in [0.2, 0.25) is 0 Å². The number of aryl methyl sites for hydroxylation is 1. The van der Waals surface area contributed by atoms with Crippen LogP contribution < -0.4 is 4.74 Å². The number of ether oxygens (including phenoxy) is 1. The van der Waals surface area contributed by atoms with Gasteiger partial charge in [0.05, 0.1) is 0 Å². The zero-order valence-corrected chi connectivity index (χ0v) is 16.7. The first-order valence-corrected chi connectivity index (χ1v) is 9.46. The Hall–Kier alpha value is -3.12. The summed E-state index contributed by atoms with van der Waals surface area (Å²) in [5.74, 6) is -1.06. The molecule has 6 nitrogen and oxygen atoms in total. The molecule has 0 bridgehead atoms. The van der Waals surface area contributed by atoms with E-state index >= 15 is 0 Å². The van der Waals surface area contributed by atoms with E-state index in [4.69, 9.17) is 14.9 Å². The molecule has 0 saturated carbocycles. The Labute approximate surface area is 171 Å². The zero-order valence-electron chi connectivity index (χ0n) is 16.7. The smallest absolute Gasteiger partial charge is 0.328 e. The van der Waals surface area contributed by atoms with Crippen LogP contribution in [0.3, 0.4) is 0 Å². The molecular formula is C23H27NO5. The minimum atomic E-state index is -1.26. The number of nitrogens with zero attached hydrogens (tertiary/aromatic N) is 1. The molecular weight excluding hydrogens is 370 g/mol. The molecule has 1 fully saturated rings. The van der Waals surface area contributed by atoms with Gasteiger partial charge in [0, 0.05) is 31.2 Å². The number of carboxylic acids is 2. The number of hydrogen-bond donors (Lipinski definition) is 2. The minimum absolute atomic E-state index is 0.254. The van der Waals surface area contributed by atoms with E-state index in [1.807, 2.05) is 0 Å². The lowest BCUT2D eigenvalue weighted by Crippen LogP contribution is -2.42. The number of rotatable bonds is 5. The number of aliphatic carboxylic acids is 2. The molecule has 2 N–H and O–H groups in total. The number of carbonyl (C=O) groups is 2. The van der Waals surface area contributed by atoms with Crippen molar-refractivity contribution in [3.05, 3.63) is 77.9 Å². The maximum absolute atomic E-state index is 9.55. The fourth-order valence-electron chi connectivity index (χ4n) is 3.25. The largest absolute Gasteiger partial charge is 0.489 e. The highest BCUT2D eigenvalue weighted by atomic mass is 16.5. The summed E-state index contributed by atoms with van der Waals surface area (Å²) in [6.07, 6.45) is 2.44. The molecule has 0 spiro atoms. The quantitative estimate of drug-likeness (QED) is 0.750. The van der Waals surface area contributed by atoms with Gasteiger partial charge in [-0.25, -0.2) is 9.59 Å². The lowest BCUT2D eigenvalue weighted by Gasteiger charge is -2.37. The van der Waals surface area contributed by atoms with Crippen molar-refractivity contribution in [2.24, 2.45) is 0 Å². The molecule has 0 aromatic heterocycles. The molecule has 0 amide bonds. The summed E-state index contributed by atoms with van der Waals surface area (Å²) in [5.41, 5.74) is 2.59. The summed E-state index contributed by atoms with van der Waals surface area (Å²) in [6.45, 7) is 4.27. The third-order valence-electron chi connectivity index (χ3n) is 4.72. The van der Waals surface area contributed by atoms with E-state index in [0.717, 1.165) is 25.3 Å². The third kappa shape index (κ3) is 7.43. The molecule has 1 aliphatic rings. The minimum Gasteiger partial charge on any atom is -0.489 e. The van der Waals surface area contributed by atoms with Crippen LogP contribution in [0.4, 0.5) is 0 Å². The number of likely N-dealkylation sites (tertiary alicyclic amines) is 1. The van der Waals surface area contributed by atoms with Gasteiger partial charge >= 0.3 is 11.9 Å². The number of carboxylic acid groups (broad SMARTS) is 2. The Morgan fingerprint density at radius 2 is 1.59 bits per heavy atom. The lowest BCUT2D eigenvalue weighted by molar-refractivity contribution is -0.134. The van der Waals surface area contributed by atoms with Gasteiger partial charge in [0.1, 0.15) is 11.9 Å². The first-order valence-electron chi connectivity index (χ1n) is 9.46. The topological polar surface area (TPSA) is 87.1 Å². The van der Waals surface area contributed by atoms with Crippen LogP contribution in [-0.2, 0) is 9.59 Å². The predicted octanol–water partition coefficient (Wildman–Crippen LogP) is 3.57. The average Bonchev–Trinajstić information content (AvgIpc) is 2.70. The summed E-state index contributed by atoms with van der Waals surface area (Å²) in [6, 6.07) is 19.1. The summed E-state index contributed by atoms with van der Waals surface area (Å²) in [5, 5.41) is 15.6. The predicted molar refractivity (Wildman–Crippen MR) is 111 cm³/mol. The fraction of sp³-hybridized carbons (Fsp3) is 0.304. The first-order chi connectivity index (χ1) is 13.9. The van der Waals surface area contributed by atoms with Gasteiger partial charge in [-0.2, -0.15) is 0 Å². The van der Waals surface area contributed by atoms with Crippen molar-refractivity contribution in [1.29, 1.82) is 0 Å². The molecule has 0 aliphatic carbocycles. The van der Waals surface area contributed by atoms with Gasteiger partial charge in [-0.15, -0.1) is 0 Å². The normalized spacial score (nSPS) is 19.2. The van der Waals surface area contributed by atoms with Crippen LogP contribution >= 0.6 is 0 Å². The summed E-state index contributed by atoms with van der Waals surface area (Å²) >= 11 is 0. The van der Waals surface area contributed by atoms with Crippen LogP contribution in [0.1, 0.15) is 23.5 Å². The van der Waals surface area contributed by atoms with Crippen molar-refractivity contribution in [1.82, 2.24) is 4.90 Å². The highest BCUT2D eigenvalue weighted by Gasteiger charge is 2.30. The molecule has 0 radical (unpaired) electrons. The number of para-hydroxylation sites is 1. The van der Waals surface area contributed by atoms with E-state index in [-0.39, 0.29) is 6.10 Å². The zero-order chi connectivity index (χ0) is 21.2. The third-order valence-corrected chi connectivity index (χ3v) is 4.72. The van der Waals surface area contributed by atoms with Crippen LogP contribution in [0.2, 0.25) is 0 Å². The number of hydrogen-bond acceptors (Lipinski definition) is 4. The van der Waals surface area contributed by atoms with Crippen LogP contribution in [-0.4, -0.2) is 53.3 Å². The summed E-state index contributed by atoms with van der Waals surface area (Å²) in [4.78, 5) is 21.5. The van der Waals surface area contributed by atoms with E-state index < -0.39 is 11.9 Å². The van der Waals surface area contributed by atoms with Crippen LogP contribution in [0.5, 0.6) is 5.75 Å². The molecule has 2 aromatic rings. The number of piperidine rings is 1. The molecule has 1 saturated heterocycles. The van der Waals surface area contributed by atoms with Gasteiger partial charge in [0.15, 0.2) is 0 Å². The van der Waals surface area contributed by atoms with E-state index in [1.165, 1.54) is 11.1 Å². The van der Waals surface area contributed by atoms with Gasteiger partial charge in [-0.05, 0) is 37.6 Å². The fourth-order valence-corrected chi connectivity index (χ4v) is 3.25. The van der Waals surface area contributed by atoms with E-state index in [9.17, 15) is 9.59 Å². The Balaban J connectivity index is 0.000000321. The molecule has 0 unspecified atom stereocenters. The maximum Gasteiger partial charge on any atom is 0.328 e. The highest BCUT2D eigenvalue weighted by molar-refractivity contribution is 5.89. The van der Waals surface area contributed by atoms with Crippen LogP contribution in [0.25, 0.3) is 0 Å². The monoisotopic (exact) mass is 397 g/mol. The van der Waals surface area contributed by atoms with E-state index in [2.05, 4.69) is 73.5 Å². The van der Waals surface area contributed by atoms with Crippen molar-refractivity contribution < 1.29 is 24.5 Å². The SMILES string of the molecule is Cc1ccccc1O[C@H]1CCN(C)C[C@H]1c1ccccc1.O=C(O)/C=C/C(=O)O. The molecule has 1 heterocycles. The van der Waals surface area contributed by atoms with Crippen LogP contribution in [0, 0.1) is 6.92 Å². The Kier molecular flexibility index (Phi) is 8.43. The van der Waals surface area contributed by atoms with Crippen molar-refractivity contribution in [2.75, 3.05) is 20.1 Å². The summed E-state index contributed by atoms with van der Waals surface area (Å²) in [7, 11) is 2.19. The van der Waals surface area contributed by atoms with Gasteiger partial charge in [0.25, 0.3) is 0 Å². The molecule has 1 aliphatic heterocycles. The Morgan fingerprint density at radius 3 is 2.17 bits per heavy atom. The van der Waals surface area contributed by atoms with Gasteiger partial charge in [-0.3, -0.25) is 0 Å². The molecule has 2 aromatic carbocycles. The van der Waals surface area contributed by atoms with Crippen molar-refractivity contribution in [2.45, 2.75) is 25.4 Å². The molecule has 2 atom stereocenters. The maximum atomic E-state index is 9.55. The van der Waals surface area contributed by atoms with Crippen molar-refractivity contribution in [3.63, 3.8) is 0 Å². The first kappa shape index (κ1) is 22.2. The van der Waals surface area contributed by atoms with E-state index in [1.54, 1.807) is 0 Å². The lowest BCUT2D eigenvalue weighted by atomic mass is 9.88. The van der Waals surface area contributed by atoms with Crippen molar-refractivity contribution in [3.8, 4) is 5.75 Å². The Bertz CT molecular complexity index is 818. The second kappa shape index (κ2) is 11.0. The number of benzene rings is 2. The second-order valence-electron chi connectivity index (χ2n) is 7.00. The molecule has 29 heavy (non-hydrogen) atoms. The van der Waals surface area contributed by atoms with E-state index in [0.29, 0.717) is 18.1 Å². The van der Waals surface area contributed by atoms with Gasteiger partial charge in [-0.1, -0.05) is 48.5 Å². The molecule has 6 heteroatoms. The standard InChI is InChI=1S/C19H23NO.C4H4O4/c1-15-8-6-7-11-18(15)21-19-12-13-20(2)14-17(19)16-9-4-3-5-10-16;5-3(6)1-2-4(7)8/h3-11,17,19H,12-14H2,1-2H3;1-2H,(H,5,6)(H,7,8)/b;2-1+/t17-,19-;/m0./s1. The van der Waals surface area contributed by atoms with Crippen molar-refractivity contribution >= 4 is 11.9 Å². The summed E-state index contributed by atoms with van der Waals surface area (Å²) < 4.78 is 6.37. The highest BCUT2D eigenvalue weighted by Crippen LogP contribution is 2.31.